The van der Waals surface area contributed by atoms with Crippen LogP contribution in [-0.2, 0) is 6.54 Å². The molecular weight excluding hydrogens is 382 g/mol. The quantitative estimate of drug-likeness (QED) is 0.576. The minimum absolute atomic E-state index is 0.0274. The normalized spacial score (nSPS) is 15.1. The monoisotopic (exact) mass is 406 g/mol. The lowest BCUT2D eigenvalue weighted by molar-refractivity contribution is 0.0958. The highest BCUT2D eigenvalue weighted by molar-refractivity contribution is 6.06. The Bertz CT molecular complexity index is 966. The number of carbonyl (C=O) groups excluding carboxylic acids is 1. The predicted molar refractivity (Wildman–Crippen MR) is 114 cm³/mol. The lowest BCUT2D eigenvalue weighted by Crippen LogP contribution is -2.47. The van der Waals surface area contributed by atoms with Gasteiger partial charge in [-0.15, -0.1) is 0 Å². The summed E-state index contributed by atoms with van der Waals surface area (Å²) in [4.78, 5) is 17.2. The van der Waals surface area contributed by atoms with Crippen molar-refractivity contribution in [3.63, 3.8) is 0 Å². The maximum Gasteiger partial charge on any atom is 0.258 e. The zero-order valence-electron chi connectivity index (χ0n) is 16.7. The molecule has 154 valence electrons. The Morgan fingerprint density at radius 1 is 0.833 bits per heavy atom. The number of hydrogen-bond acceptors (Lipinski definition) is 2. The summed E-state index contributed by atoms with van der Waals surface area (Å²) in [6.45, 7) is 1.58. The summed E-state index contributed by atoms with van der Waals surface area (Å²) >= 11 is 0. The molecular formula is C25H24F2N2O. The van der Waals surface area contributed by atoms with E-state index in [1.807, 2.05) is 70.5 Å². The van der Waals surface area contributed by atoms with Crippen LogP contribution in [0.2, 0.25) is 0 Å². The Labute approximate surface area is 175 Å². The second-order valence-electron chi connectivity index (χ2n) is 7.58. The molecule has 0 bridgehead atoms. The number of likely N-dealkylation sites (tertiary alicyclic amines) is 1. The summed E-state index contributed by atoms with van der Waals surface area (Å²) < 4.78 is 28.0. The molecule has 0 spiro atoms. The van der Waals surface area contributed by atoms with Crippen molar-refractivity contribution < 1.29 is 13.6 Å². The number of para-hydroxylation sites is 1. The standard InChI is InChI=1S/C25H24F2N2O/c26-23-12-7-13-24(27)22(23)18-28-16-14-21(15-17-28)29(20-10-5-2-6-11-20)25(30)19-8-3-1-4-9-19/h1-13,21H,14-18H2. The topological polar surface area (TPSA) is 23.6 Å². The maximum absolute atomic E-state index is 14.0. The van der Waals surface area contributed by atoms with Gasteiger partial charge in [0.1, 0.15) is 11.6 Å². The molecule has 30 heavy (non-hydrogen) atoms. The van der Waals surface area contributed by atoms with E-state index in [1.165, 1.54) is 18.2 Å². The zero-order valence-corrected chi connectivity index (χ0v) is 16.7. The van der Waals surface area contributed by atoms with Crippen molar-refractivity contribution in [3.8, 4) is 0 Å². The molecule has 5 heteroatoms. The zero-order chi connectivity index (χ0) is 20.9. The number of benzene rings is 3. The molecule has 0 saturated carbocycles. The van der Waals surface area contributed by atoms with E-state index in [2.05, 4.69) is 0 Å². The number of piperidine rings is 1. The second kappa shape index (κ2) is 9.18. The van der Waals surface area contributed by atoms with Crippen LogP contribution in [0.3, 0.4) is 0 Å². The van der Waals surface area contributed by atoms with Crippen molar-refractivity contribution in [1.82, 2.24) is 4.90 Å². The van der Waals surface area contributed by atoms with Crippen molar-refractivity contribution in [2.75, 3.05) is 18.0 Å². The third-order valence-electron chi connectivity index (χ3n) is 5.64. The highest BCUT2D eigenvalue weighted by Crippen LogP contribution is 2.27. The number of rotatable bonds is 5. The van der Waals surface area contributed by atoms with Crippen LogP contribution >= 0.6 is 0 Å². The van der Waals surface area contributed by atoms with Crippen molar-refractivity contribution in [2.45, 2.75) is 25.4 Å². The molecule has 0 radical (unpaired) electrons. The summed E-state index contributed by atoms with van der Waals surface area (Å²) in [5.74, 6) is -1.05. The Morgan fingerprint density at radius 3 is 2.00 bits per heavy atom. The highest BCUT2D eigenvalue weighted by atomic mass is 19.1. The van der Waals surface area contributed by atoms with Crippen LogP contribution in [-0.4, -0.2) is 29.9 Å². The predicted octanol–water partition coefficient (Wildman–Crippen LogP) is 5.28. The summed E-state index contributed by atoms with van der Waals surface area (Å²) in [5, 5.41) is 0. The first-order valence-corrected chi connectivity index (χ1v) is 10.2. The van der Waals surface area contributed by atoms with Gasteiger partial charge in [0, 0.05) is 42.5 Å². The molecule has 3 aromatic carbocycles. The van der Waals surface area contributed by atoms with Gasteiger partial charge in [0.15, 0.2) is 0 Å². The molecule has 3 nitrogen and oxygen atoms in total. The van der Waals surface area contributed by atoms with Crippen LogP contribution in [0.5, 0.6) is 0 Å². The van der Waals surface area contributed by atoms with Gasteiger partial charge in [-0.05, 0) is 49.2 Å². The molecule has 1 fully saturated rings. The summed E-state index contributed by atoms with van der Waals surface area (Å²) in [6, 6.07) is 22.9. The minimum atomic E-state index is -0.512. The fourth-order valence-electron chi connectivity index (χ4n) is 4.04. The third-order valence-corrected chi connectivity index (χ3v) is 5.64. The minimum Gasteiger partial charge on any atom is -0.305 e. The number of hydrogen-bond donors (Lipinski definition) is 0. The maximum atomic E-state index is 14.0. The lowest BCUT2D eigenvalue weighted by Gasteiger charge is -2.38. The van der Waals surface area contributed by atoms with Crippen LogP contribution in [0.25, 0.3) is 0 Å². The Balaban J connectivity index is 1.50. The van der Waals surface area contributed by atoms with Crippen molar-refractivity contribution in [2.24, 2.45) is 0 Å². The molecule has 0 aromatic heterocycles. The molecule has 1 amide bonds. The molecule has 0 aliphatic carbocycles. The third kappa shape index (κ3) is 4.41. The molecule has 1 aliphatic rings. The molecule has 0 atom stereocenters. The Kier molecular flexibility index (Phi) is 6.19. The molecule has 0 unspecified atom stereocenters. The van der Waals surface area contributed by atoms with Crippen molar-refractivity contribution >= 4 is 11.6 Å². The first-order chi connectivity index (χ1) is 14.6. The number of anilines is 1. The first-order valence-electron chi connectivity index (χ1n) is 10.2. The van der Waals surface area contributed by atoms with E-state index in [0.717, 1.165) is 18.5 Å². The van der Waals surface area contributed by atoms with E-state index < -0.39 is 11.6 Å². The number of nitrogens with zero attached hydrogens (tertiary/aromatic N) is 2. The highest BCUT2D eigenvalue weighted by Gasteiger charge is 2.30. The smallest absolute Gasteiger partial charge is 0.258 e. The summed E-state index contributed by atoms with van der Waals surface area (Å²) in [5.41, 5.74) is 1.62. The van der Waals surface area contributed by atoms with E-state index >= 15 is 0 Å². The average Bonchev–Trinajstić information content (AvgIpc) is 2.79. The summed E-state index contributed by atoms with van der Waals surface area (Å²) in [6.07, 6.45) is 1.48. The van der Waals surface area contributed by atoms with Gasteiger partial charge in [0.05, 0.1) is 0 Å². The van der Waals surface area contributed by atoms with Gasteiger partial charge >= 0.3 is 0 Å². The summed E-state index contributed by atoms with van der Waals surface area (Å²) in [7, 11) is 0. The largest absolute Gasteiger partial charge is 0.305 e. The van der Waals surface area contributed by atoms with Crippen LogP contribution < -0.4 is 4.90 Å². The number of carbonyl (C=O) groups is 1. The van der Waals surface area contributed by atoms with Crippen LogP contribution in [0.1, 0.15) is 28.8 Å². The van der Waals surface area contributed by atoms with Crippen molar-refractivity contribution in [1.29, 1.82) is 0 Å². The fourth-order valence-corrected chi connectivity index (χ4v) is 4.04. The molecule has 1 aliphatic heterocycles. The van der Waals surface area contributed by atoms with Gasteiger partial charge in [0.2, 0.25) is 0 Å². The van der Waals surface area contributed by atoms with Crippen LogP contribution in [0.15, 0.2) is 78.9 Å². The van der Waals surface area contributed by atoms with E-state index in [0.29, 0.717) is 18.7 Å². The Morgan fingerprint density at radius 2 is 1.40 bits per heavy atom. The second-order valence-corrected chi connectivity index (χ2v) is 7.58. The van der Waals surface area contributed by atoms with Crippen molar-refractivity contribution in [3.05, 3.63) is 102 Å². The van der Waals surface area contributed by atoms with Gasteiger partial charge in [-0.1, -0.05) is 42.5 Å². The van der Waals surface area contributed by atoms with Gasteiger partial charge < -0.3 is 4.90 Å². The average molecular weight is 406 g/mol. The van der Waals surface area contributed by atoms with E-state index in [-0.39, 0.29) is 24.1 Å². The fraction of sp³-hybridized carbons (Fsp3) is 0.240. The number of amides is 1. The molecule has 4 rings (SSSR count). The van der Waals surface area contributed by atoms with E-state index in [1.54, 1.807) is 0 Å². The Hall–Kier alpha value is -3.05. The lowest BCUT2D eigenvalue weighted by atomic mass is 10.00. The van der Waals surface area contributed by atoms with E-state index in [4.69, 9.17) is 0 Å². The molecule has 0 N–H and O–H groups in total. The van der Waals surface area contributed by atoms with Crippen LogP contribution in [0.4, 0.5) is 14.5 Å². The van der Waals surface area contributed by atoms with E-state index in [9.17, 15) is 13.6 Å². The van der Waals surface area contributed by atoms with Gasteiger partial charge in [-0.2, -0.15) is 0 Å². The first kappa shape index (κ1) is 20.2. The van der Waals surface area contributed by atoms with Gasteiger partial charge in [-0.3, -0.25) is 9.69 Å². The molecule has 1 saturated heterocycles. The molecule has 1 heterocycles. The van der Waals surface area contributed by atoms with Gasteiger partial charge in [0.25, 0.3) is 5.91 Å². The van der Waals surface area contributed by atoms with Crippen LogP contribution in [0, 0.1) is 11.6 Å². The SMILES string of the molecule is O=C(c1ccccc1)N(c1ccccc1)C1CCN(Cc2c(F)cccc2F)CC1. The van der Waals surface area contributed by atoms with Gasteiger partial charge in [-0.25, -0.2) is 8.78 Å². The number of halogens is 2. The molecule has 3 aromatic rings.